The van der Waals surface area contributed by atoms with Crippen LogP contribution in [0, 0.1) is 11.6 Å². The highest BCUT2D eigenvalue weighted by atomic mass is 35.5. The zero-order valence-corrected chi connectivity index (χ0v) is 19.0. The first-order chi connectivity index (χ1) is 16.3. The van der Waals surface area contributed by atoms with Crippen LogP contribution in [0.5, 0.6) is 0 Å². The molecule has 0 aliphatic heterocycles. The van der Waals surface area contributed by atoms with Crippen molar-refractivity contribution < 1.29 is 18.4 Å². The molecule has 0 saturated carbocycles. The van der Waals surface area contributed by atoms with Crippen LogP contribution >= 0.6 is 11.6 Å². The van der Waals surface area contributed by atoms with E-state index in [2.05, 4.69) is 20.6 Å². The topological polar surface area (TPSA) is 86.9 Å². The van der Waals surface area contributed by atoms with E-state index in [9.17, 15) is 18.4 Å². The van der Waals surface area contributed by atoms with Crippen molar-refractivity contribution in [2.24, 2.45) is 0 Å². The summed E-state index contributed by atoms with van der Waals surface area (Å²) in [5.41, 5.74) is 2.99. The second-order valence-corrected chi connectivity index (χ2v) is 8.31. The lowest BCUT2D eigenvalue weighted by Crippen LogP contribution is -2.23. The number of carbonyl (C=O) groups excluding carboxylic acids is 2. The predicted octanol–water partition coefficient (Wildman–Crippen LogP) is 4.65. The zero-order chi connectivity index (χ0) is 24.2. The predicted molar refractivity (Wildman–Crippen MR) is 125 cm³/mol. The third-order valence-corrected chi connectivity index (χ3v) is 5.66. The Morgan fingerprint density at radius 2 is 1.74 bits per heavy atom. The van der Waals surface area contributed by atoms with Crippen LogP contribution in [0.4, 0.5) is 8.78 Å². The Hall–Kier alpha value is -3.78. The number of pyridine rings is 1. The first-order valence-corrected chi connectivity index (χ1v) is 10.9. The van der Waals surface area contributed by atoms with E-state index in [1.165, 1.54) is 25.3 Å². The molecule has 2 amide bonds. The molecule has 34 heavy (non-hydrogen) atoms. The third-order valence-electron chi connectivity index (χ3n) is 5.35. The lowest BCUT2D eigenvalue weighted by Gasteiger charge is -2.09. The Morgan fingerprint density at radius 1 is 0.971 bits per heavy atom. The number of nitrogens with one attached hydrogen (secondary N) is 3. The molecule has 0 bridgehead atoms. The SMILES string of the molecule is CC(=O)NCc1ccc(Cc2cncc(C(=O)NCc3cc4c(Cl)c[nH]c4cc3F)c2)cc1F. The molecule has 0 saturated heterocycles. The van der Waals surface area contributed by atoms with Crippen molar-refractivity contribution in [1.29, 1.82) is 0 Å². The van der Waals surface area contributed by atoms with Crippen LogP contribution in [0.25, 0.3) is 10.9 Å². The fraction of sp³-hybridized carbons (Fsp3) is 0.160. The molecular weight excluding hydrogens is 462 g/mol. The summed E-state index contributed by atoms with van der Waals surface area (Å²) in [5.74, 6) is -1.52. The van der Waals surface area contributed by atoms with E-state index >= 15 is 0 Å². The molecule has 3 N–H and O–H groups in total. The summed E-state index contributed by atoms with van der Waals surface area (Å²) in [7, 11) is 0. The number of hydrogen-bond acceptors (Lipinski definition) is 3. The van der Waals surface area contributed by atoms with Gasteiger partial charge < -0.3 is 15.6 Å². The molecule has 0 atom stereocenters. The van der Waals surface area contributed by atoms with Crippen molar-refractivity contribution in [2.45, 2.75) is 26.4 Å². The molecule has 0 spiro atoms. The molecule has 0 aliphatic rings. The van der Waals surface area contributed by atoms with Crippen LogP contribution < -0.4 is 10.6 Å². The largest absolute Gasteiger partial charge is 0.360 e. The summed E-state index contributed by atoms with van der Waals surface area (Å²) in [4.78, 5) is 30.7. The quantitative estimate of drug-likeness (QED) is 0.358. The number of H-pyrrole nitrogens is 1. The second kappa shape index (κ2) is 10.0. The van der Waals surface area contributed by atoms with Gasteiger partial charge in [0, 0.05) is 60.6 Å². The maximum absolute atomic E-state index is 14.4. The van der Waals surface area contributed by atoms with E-state index in [0.29, 0.717) is 50.2 Å². The Morgan fingerprint density at radius 3 is 2.50 bits per heavy atom. The number of halogens is 3. The van der Waals surface area contributed by atoms with Gasteiger partial charge in [-0.15, -0.1) is 0 Å². The Bertz CT molecular complexity index is 1390. The van der Waals surface area contributed by atoms with Gasteiger partial charge in [0.05, 0.1) is 10.6 Å². The molecule has 0 unspecified atom stereocenters. The molecular formula is C25H21ClF2N4O2. The van der Waals surface area contributed by atoms with Crippen LogP contribution in [0.2, 0.25) is 5.02 Å². The van der Waals surface area contributed by atoms with Crippen molar-refractivity contribution in [3.8, 4) is 0 Å². The maximum atomic E-state index is 14.4. The Labute approximate surface area is 199 Å². The van der Waals surface area contributed by atoms with E-state index < -0.39 is 17.5 Å². The van der Waals surface area contributed by atoms with E-state index in [1.54, 1.807) is 36.7 Å². The Balaban J connectivity index is 1.42. The number of fused-ring (bicyclic) bond motifs is 1. The minimum atomic E-state index is -0.456. The summed E-state index contributed by atoms with van der Waals surface area (Å²) in [6.07, 6.45) is 4.95. The lowest BCUT2D eigenvalue weighted by molar-refractivity contribution is -0.119. The summed E-state index contributed by atoms with van der Waals surface area (Å²) < 4.78 is 28.7. The van der Waals surface area contributed by atoms with Gasteiger partial charge in [0.25, 0.3) is 5.91 Å². The van der Waals surface area contributed by atoms with Gasteiger partial charge in [0.15, 0.2) is 0 Å². The van der Waals surface area contributed by atoms with Gasteiger partial charge in [-0.25, -0.2) is 8.78 Å². The molecule has 4 rings (SSSR count). The molecule has 0 radical (unpaired) electrons. The summed E-state index contributed by atoms with van der Waals surface area (Å²) in [6, 6.07) is 9.38. The normalized spacial score (nSPS) is 10.9. The zero-order valence-electron chi connectivity index (χ0n) is 18.2. The first-order valence-electron chi connectivity index (χ1n) is 10.5. The number of amides is 2. The molecule has 9 heteroatoms. The number of carbonyl (C=O) groups is 2. The van der Waals surface area contributed by atoms with Crippen LogP contribution in [0.3, 0.4) is 0 Å². The molecule has 174 valence electrons. The number of aromatic nitrogens is 2. The minimum absolute atomic E-state index is 0.0205. The van der Waals surface area contributed by atoms with Crippen LogP contribution in [-0.4, -0.2) is 21.8 Å². The van der Waals surface area contributed by atoms with Gasteiger partial charge in [0.1, 0.15) is 11.6 Å². The van der Waals surface area contributed by atoms with Gasteiger partial charge in [0.2, 0.25) is 5.91 Å². The van der Waals surface area contributed by atoms with Crippen LogP contribution in [-0.2, 0) is 24.3 Å². The van der Waals surface area contributed by atoms with E-state index in [1.807, 2.05) is 0 Å². The van der Waals surface area contributed by atoms with Crippen molar-refractivity contribution in [2.75, 3.05) is 0 Å². The van der Waals surface area contributed by atoms with Gasteiger partial charge in [-0.2, -0.15) is 0 Å². The van der Waals surface area contributed by atoms with Gasteiger partial charge in [-0.1, -0.05) is 23.7 Å². The molecule has 2 aromatic carbocycles. The second-order valence-electron chi connectivity index (χ2n) is 7.90. The van der Waals surface area contributed by atoms with Crippen LogP contribution in [0.15, 0.2) is 55.0 Å². The first kappa shape index (κ1) is 23.4. The summed E-state index contributed by atoms with van der Waals surface area (Å²) >= 11 is 6.10. The number of benzene rings is 2. The standard InChI is InChI=1S/C25H21ClF2N4O2/c1-14(33)30-11-17-3-2-15(6-22(17)27)4-16-5-19(10-29-9-16)25(34)32-12-18-7-20-21(26)13-31-24(20)8-23(18)28/h2-3,5-10,13,31H,4,11-12H2,1H3,(H,30,33)(H,32,34). The maximum Gasteiger partial charge on any atom is 0.253 e. The van der Waals surface area contributed by atoms with Gasteiger partial charge in [-0.3, -0.25) is 14.6 Å². The smallest absolute Gasteiger partial charge is 0.253 e. The van der Waals surface area contributed by atoms with Crippen molar-refractivity contribution in [1.82, 2.24) is 20.6 Å². The Kier molecular flexibility index (Phi) is 6.88. The molecule has 0 aliphatic carbocycles. The van der Waals surface area contributed by atoms with Crippen LogP contribution in [0.1, 0.15) is 39.5 Å². The highest BCUT2D eigenvalue weighted by Gasteiger charge is 2.12. The molecule has 2 aromatic heterocycles. The fourth-order valence-corrected chi connectivity index (χ4v) is 3.79. The summed E-state index contributed by atoms with van der Waals surface area (Å²) in [5, 5.41) is 6.40. The highest BCUT2D eigenvalue weighted by Crippen LogP contribution is 2.25. The number of rotatable bonds is 7. The van der Waals surface area contributed by atoms with Crippen molar-refractivity contribution >= 4 is 34.3 Å². The van der Waals surface area contributed by atoms with E-state index in [-0.39, 0.29) is 19.0 Å². The number of nitrogens with zero attached hydrogens (tertiary/aromatic N) is 1. The molecule has 6 nitrogen and oxygen atoms in total. The van der Waals surface area contributed by atoms with Gasteiger partial charge >= 0.3 is 0 Å². The van der Waals surface area contributed by atoms with Gasteiger partial charge in [-0.05, 0) is 41.8 Å². The van der Waals surface area contributed by atoms with E-state index in [4.69, 9.17) is 11.6 Å². The fourth-order valence-electron chi connectivity index (χ4n) is 3.57. The summed E-state index contributed by atoms with van der Waals surface area (Å²) in [6.45, 7) is 1.46. The molecule has 2 heterocycles. The molecule has 4 aromatic rings. The number of aromatic amines is 1. The lowest BCUT2D eigenvalue weighted by atomic mass is 10.0. The average Bonchev–Trinajstić information content (AvgIpc) is 3.16. The van der Waals surface area contributed by atoms with Crippen molar-refractivity contribution in [3.63, 3.8) is 0 Å². The molecule has 0 fully saturated rings. The monoisotopic (exact) mass is 482 g/mol. The number of hydrogen-bond donors (Lipinski definition) is 3. The minimum Gasteiger partial charge on any atom is -0.360 e. The van der Waals surface area contributed by atoms with E-state index in [0.717, 1.165) is 0 Å². The highest BCUT2D eigenvalue weighted by molar-refractivity contribution is 6.35. The van der Waals surface area contributed by atoms with Crippen molar-refractivity contribution in [3.05, 3.63) is 99.5 Å². The third kappa shape index (κ3) is 5.40. The average molecular weight is 483 g/mol.